The van der Waals surface area contributed by atoms with E-state index in [9.17, 15) is 0 Å². The number of hydrogen-bond donors (Lipinski definition) is 1. The largest absolute Gasteiger partial charge is 0.329 e. The summed E-state index contributed by atoms with van der Waals surface area (Å²) in [6.45, 7) is 5.81. The van der Waals surface area contributed by atoms with Gasteiger partial charge in [-0.25, -0.2) is 0 Å². The number of likely N-dealkylation sites (N-methyl/N-ethyl adjacent to an activating group) is 1. The molecule has 58 valence electrons. The molecular formula is C8H16N2. The molecule has 0 radical (unpaired) electrons. The van der Waals surface area contributed by atoms with Gasteiger partial charge < -0.3 is 10.6 Å². The SMILES string of the molecule is C#CCCN(CC)CCN. The van der Waals surface area contributed by atoms with Crippen molar-refractivity contribution in [1.82, 2.24) is 4.90 Å². The fourth-order valence-electron chi connectivity index (χ4n) is 0.833. The van der Waals surface area contributed by atoms with E-state index in [1.165, 1.54) is 0 Å². The van der Waals surface area contributed by atoms with Crippen molar-refractivity contribution in [1.29, 1.82) is 0 Å². The smallest absolute Gasteiger partial charge is 0.0214 e. The first-order valence-electron chi connectivity index (χ1n) is 3.71. The lowest BCUT2D eigenvalue weighted by atomic mass is 10.4. The Labute approximate surface area is 63.4 Å². The van der Waals surface area contributed by atoms with Gasteiger partial charge in [-0.2, -0.15) is 0 Å². The Morgan fingerprint density at radius 2 is 2.20 bits per heavy atom. The Bertz CT molecular complexity index is 104. The second-order valence-electron chi connectivity index (χ2n) is 2.18. The molecule has 0 bridgehead atoms. The molecule has 0 unspecified atom stereocenters. The minimum Gasteiger partial charge on any atom is -0.329 e. The van der Waals surface area contributed by atoms with Gasteiger partial charge >= 0.3 is 0 Å². The van der Waals surface area contributed by atoms with Gasteiger partial charge in [0.25, 0.3) is 0 Å². The van der Waals surface area contributed by atoms with Crippen LogP contribution in [0.5, 0.6) is 0 Å². The predicted molar refractivity (Wildman–Crippen MR) is 44.6 cm³/mol. The zero-order chi connectivity index (χ0) is 7.82. The number of hydrogen-bond acceptors (Lipinski definition) is 2. The van der Waals surface area contributed by atoms with E-state index in [0.717, 1.165) is 32.6 Å². The number of nitrogens with two attached hydrogens (primary N) is 1. The number of nitrogens with zero attached hydrogens (tertiary/aromatic N) is 1. The lowest BCUT2D eigenvalue weighted by Crippen LogP contribution is -2.29. The lowest BCUT2D eigenvalue weighted by Gasteiger charge is -2.17. The van der Waals surface area contributed by atoms with Crippen molar-refractivity contribution in [3.05, 3.63) is 0 Å². The Morgan fingerprint density at radius 1 is 1.50 bits per heavy atom. The molecule has 0 heterocycles. The van der Waals surface area contributed by atoms with E-state index in [0.29, 0.717) is 0 Å². The maximum absolute atomic E-state index is 5.38. The molecule has 0 aromatic carbocycles. The van der Waals surface area contributed by atoms with Gasteiger partial charge in [0, 0.05) is 26.1 Å². The van der Waals surface area contributed by atoms with Crippen molar-refractivity contribution < 1.29 is 0 Å². The molecule has 2 nitrogen and oxygen atoms in total. The van der Waals surface area contributed by atoms with Gasteiger partial charge in [-0.05, 0) is 6.54 Å². The molecule has 2 N–H and O–H groups in total. The van der Waals surface area contributed by atoms with Crippen LogP contribution in [0.1, 0.15) is 13.3 Å². The van der Waals surface area contributed by atoms with Crippen molar-refractivity contribution in [3.63, 3.8) is 0 Å². The lowest BCUT2D eigenvalue weighted by molar-refractivity contribution is 0.304. The normalized spacial score (nSPS) is 9.80. The van der Waals surface area contributed by atoms with Gasteiger partial charge in [0.2, 0.25) is 0 Å². The van der Waals surface area contributed by atoms with Crippen LogP contribution in [0.3, 0.4) is 0 Å². The molecule has 0 saturated carbocycles. The predicted octanol–water partition coefficient (Wildman–Crippen LogP) is 0.290. The third kappa shape index (κ3) is 4.37. The minimum absolute atomic E-state index is 0.721. The summed E-state index contributed by atoms with van der Waals surface area (Å²) in [5.74, 6) is 2.61. The highest BCUT2D eigenvalue weighted by atomic mass is 15.1. The fourth-order valence-corrected chi connectivity index (χ4v) is 0.833. The van der Waals surface area contributed by atoms with Gasteiger partial charge in [0.05, 0.1) is 0 Å². The summed E-state index contributed by atoms with van der Waals surface area (Å²) in [5.41, 5.74) is 5.38. The monoisotopic (exact) mass is 140 g/mol. The highest BCUT2D eigenvalue weighted by Gasteiger charge is 1.96. The van der Waals surface area contributed by atoms with Crippen molar-refractivity contribution >= 4 is 0 Å². The van der Waals surface area contributed by atoms with E-state index < -0.39 is 0 Å². The van der Waals surface area contributed by atoms with Crippen molar-refractivity contribution in [2.75, 3.05) is 26.2 Å². The Morgan fingerprint density at radius 3 is 2.60 bits per heavy atom. The Hall–Kier alpha value is -0.520. The second-order valence-corrected chi connectivity index (χ2v) is 2.18. The first-order valence-corrected chi connectivity index (χ1v) is 3.71. The summed E-state index contributed by atoms with van der Waals surface area (Å²) in [4.78, 5) is 2.25. The molecule has 0 aliphatic carbocycles. The Kier molecular flexibility index (Phi) is 6.25. The molecule has 0 atom stereocenters. The molecule has 0 saturated heterocycles. The van der Waals surface area contributed by atoms with E-state index in [1.807, 2.05) is 0 Å². The molecule has 0 spiro atoms. The quantitative estimate of drug-likeness (QED) is 0.556. The minimum atomic E-state index is 0.721. The van der Waals surface area contributed by atoms with Crippen LogP contribution in [-0.2, 0) is 0 Å². The Balaban J connectivity index is 3.32. The van der Waals surface area contributed by atoms with Gasteiger partial charge in [-0.3, -0.25) is 0 Å². The second kappa shape index (κ2) is 6.60. The van der Waals surface area contributed by atoms with Crippen LogP contribution in [0.4, 0.5) is 0 Å². The maximum Gasteiger partial charge on any atom is 0.0214 e. The van der Waals surface area contributed by atoms with Gasteiger partial charge in [-0.1, -0.05) is 6.92 Å². The van der Waals surface area contributed by atoms with E-state index in [1.54, 1.807) is 0 Å². The zero-order valence-corrected chi connectivity index (χ0v) is 6.64. The molecule has 0 aromatic heterocycles. The highest BCUT2D eigenvalue weighted by Crippen LogP contribution is 1.87. The molecule has 2 heteroatoms. The van der Waals surface area contributed by atoms with Crippen LogP contribution in [0.15, 0.2) is 0 Å². The first-order chi connectivity index (χ1) is 4.85. The highest BCUT2D eigenvalue weighted by molar-refractivity contribution is 4.84. The fraction of sp³-hybridized carbons (Fsp3) is 0.750. The van der Waals surface area contributed by atoms with Crippen LogP contribution in [0.2, 0.25) is 0 Å². The third-order valence-corrected chi connectivity index (χ3v) is 1.46. The average molecular weight is 140 g/mol. The summed E-state index contributed by atoms with van der Waals surface area (Å²) < 4.78 is 0. The molecule has 0 amide bonds. The molecule has 0 aliphatic rings. The van der Waals surface area contributed by atoms with Crippen LogP contribution in [0, 0.1) is 12.3 Å². The maximum atomic E-state index is 5.38. The standard InChI is InChI=1S/C8H16N2/c1-3-5-7-10(4-2)8-6-9/h1H,4-9H2,2H3. The van der Waals surface area contributed by atoms with Crippen molar-refractivity contribution in [2.45, 2.75) is 13.3 Å². The van der Waals surface area contributed by atoms with E-state index in [4.69, 9.17) is 12.2 Å². The van der Waals surface area contributed by atoms with Crippen LogP contribution < -0.4 is 5.73 Å². The summed E-state index contributed by atoms with van der Waals surface area (Å²) in [6, 6.07) is 0. The van der Waals surface area contributed by atoms with E-state index >= 15 is 0 Å². The third-order valence-electron chi connectivity index (χ3n) is 1.46. The van der Waals surface area contributed by atoms with E-state index in [-0.39, 0.29) is 0 Å². The topological polar surface area (TPSA) is 29.3 Å². The molecule has 0 fully saturated rings. The summed E-state index contributed by atoms with van der Waals surface area (Å²) in [7, 11) is 0. The number of terminal acetylenes is 1. The van der Waals surface area contributed by atoms with Crippen molar-refractivity contribution in [3.8, 4) is 12.3 Å². The molecule has 0 rings (SSSR count). The number of rotatable bonds is 5. The van der Waals surface area contributed by atoms with Gasteiger partial charge in [0.15, 0.2) is 0 Å². The average Bonchev–Trinajstić information content (AvgIpc) is 1.98. The van der Waals surface area contributed by atoms with Crippen molar-refractivity contribution in [2.24, 2.45) is 5.73 Å². The summed E-state index contributed by atoms with van der Waals surface area (Å²) in [6.07, 6.45) is 5.95. The summed E-state index contributed by atoms with van der Waals surface area (Å²) in [5, 5.41) is 0. The summed E-state index contributed by atoms with van der Waals surface area (Å²) >= 11 is 0. The van der Waals surface area contributed by atoms with Crippen LogP contribution >= 0.6 is 0 Å². The first kappa shape index (κ1) is 9.48. The molecule has 0 aromatic rings. The van der Waals surface area contributed by atoms with Gasteiger partial charge in [-0.15, -0.1) is 12.3 Å². The zero-order valence-electron chi connectivity index (χ0n) is 6.64. The molecule has 10 heavy (non-hydrogen) atoms. The van der Waals surface area contributed by atoms with Crippen LogP contribution in [0.25, 0.3) is 0 Å². The van der Waals surface area contributed by atoms with E-state index in [2.05, 4.69) is 17.7 Å². The molecular weight excluding hydrogens is 124 g/mol. The van der Waals surface area contributed by atoms with Crippen LogP contribution in [-0.4, -0.2) is 31.1 Å². The molecule has 0 aliphatic heterocycles. The van der Waals surface area contributed by atoms with Gasteiger partial charge in [0.1, 0.15) is 0 Å².